The maximum absolute atomic E-state index is 6.13. The van der Waals surface area contributed by atoms with E-state index in [0.29, 0.717) is 12.2 Å². The summed E-state index contributed by atoms with van der Waals surface area (Å²) < 4.78 is 12.1. The smallest absolute Gasteiger partial charge is 0.0840 e. The van der Waals surface area contributed by atoms with Crippen molar-refractivity contribution in [2.24, 2.45) is 11.8 Å². The van der Waals surface area contributed by atoms with E-state index in [0.717, 1.165) is 25.0 Å². The van der Waals surface area contributed by atoms with E-state index in [1.165, 1.54) is 51.4 Å². The third-order valence-electron chi connectivity index (χ3n) is 4.84. The molecular weight excluding hydrogens is 224 g/mol. The predicted octanol–water partition coefficient (Wildman–Crippen LogP) is 4.18. The summed E-state index contributed by atoms with van der Waals surface area (Å²) >= 11 is 0. The molecule has 1 saturated carbocycles. The lowest BCUT2D eigenvalue weighted by molar-refractivity contribution is -0.163. The second-order valence-corrected chi connectivity index (χ2v) is 6.09. The zero-order valence-corrected chi connectivity index (χ0v) is 12.2. The highest BCUT2D eigenvalue weighted by molar-refractivity contribution is 4.83. The predicted molar refractivity (Wildman–Crippen MR) is 74.7 cm³/mol. The molecule has 1 saturated heterocycles. The van der Waals surface area contributed by atoms with Crippen molar-refractivity contribution in [1.29, 1.82) is 0 Å². The van der Waals surface area contributed by atoms with E-state index in [9.17, 15) is 0 Å². The number of rotatable bonds is 5. The Morgan fingerprint density at radius 2 is 1.83 bits per heavy atom. The summed E-state index contributed by atoms with van der Waals surface area (Å²) in [7, 11) is 0. The topological polar surface area (TPSA) is 18.5 Å². The standard InChI is InChI=1S/C16H30O2/c1-3-5-9-14-11-18-16(12-17-14)15-10-7-6-8-13(15)4-2/h13-16H,3-12H2,1-2H3. The normalized spacial score (nSPS) is 37.7. The molecule has 2 fully saturated rings. The first-order valence-corrected chi connectivity index (χ1v) is 8.08. The van der Waals surface area contributed by atoms with Gasteiger partial charge in [0, 0.05) is 0 Å². The van der Waals surface area contributed by atoms with E-state index < -0.39 is 0 Å². The van der Waals surface area contributed by atoms with Crippen LogP contribution in [0.5, 0.6) is 0 Å². The average Bonchev–Trinajstić information content (AvgIpc) is 2.45. The van der Waals surface area contributed by atoms with Crippen molar-refractivity contribution in [3.63, 3.8) is 0 Å². The fraction of sp³-hybridized carbons (Fsp3) is 1.00. The van der Waals surface area contributed by atoms with Crippen LogP contribution < -0.4 is 0 Å². The van der Waals surface area contributed by atoms with Crippen LogP contribution in [-0.4, -0.2) is 25.4 Å². The zero-order valence-electron chi connectivity index (χ0n) is 12.2. The molecule has 2 rings (SSSR count). The van der Waals surface area contributed by atoms with Crippen molar-refractivity contribution < 1.29 is 9.47 Å². The van der Waals surface area contributed by atoms with Crippen LogP contribution in [0.3, 0.4) is 0 Å². The van der Waals surface area contributed by atoms with E-state index in [1.807, 2.05) is 0 Å². The van der Waals surface area contributed by atoms with Crippen molar-refractivity contribution in [3.8, 4) is 0 Å². The molecule has 2 heteroatoms. The lowest BCUT2D eigenvalue weighted by Gasteiger charge is -2.40. The molecule has 0 amide bonds. The number of hydrogen-bond donors (Lipinski definition) is 0. The highest BCUT2D eigenvalue weighted by Gasteiger charge is 2.34. The van der Waals surface area contributed by atoms with Crippen molar-refractivity contribution in [2.45, 2.75) is 77.4 Å². The van der Waals surface area contributed by atoms with E-state index in [2.05, 4.69) is 13.8 Å². The van der Waals surface area contributed by atoms with Crippen LogP contribution >= 0.6 is 0 Å². The molecule has 0 bridgehead atoms. The number of unbranched alkanes of at least 4 members (excludes halogenated alkanes) is 1. The molecule has 2 aliphatic rings. The molecule has 106 valence electrons. The first-order chi connectivity index (χ1) is 8.85. The van der Waals surface area contributed by atoms with Crippen LogP contribution in [0.1, 0.15) is 65.2 Å². The van der Waals surface area contributed by atoms with Crippen LogP contribution in [0.25, 0.3) is 0 Å². The van der Waals surface area contributed by atoms with Gasteiger partial charge in [0.1, 0.15) is 0 Å². The monoisotopic (exact) mass is 254 g/mol. The zero-order chi connectivity index (χ0) is 12.8. The molecule has 1 aliphatic heterocycles. The highest BCUT2D eigenvalue weighted by Crippen LogP contribution is 2.36. The molecule has 0 aromatic rings. The van der Waals surface area contributed by atoms with Crippen LogP contribution in [0, 0.1) is 11.8 Å². The highest BCUT2D eigenvalue weighted by atomic mass is 16.6. The van der Waals surface area contributed by atoms with Crippen molar-refractivity contribution in [2.75, 3.05) is 13.2 Å². The van der Waals surface area contributed by atoms with Gasteiger partial charge in [0.2, 0.25) is 0 Å². The van der Waals surface area contributed by atoms with Crippen LogP contribution in [0.15, 0.2) is 0 Å². The Labute approximate surface area is 112 Å². The lowest BCUT2D eigenvalue weighted by Crippen LogP contribution is -2.43. The van der Waals surface area contributed by atoms with Gasteiger partial charge in [0.15, 0.2) is 0 Å². The van der Waals surface area contributed by atoms with Crippen LogP contribution in [-0.2, 0) is 9.47 Å². The summed E-state index contributed by atoms with van der Waals surface area (Å²) in [4.78, 5) is 0. The number of ether oxygens (including phenoxy) is 2. The summed E-state index contributed by atoms with van der Waals surface area (Å²) in [6.07, 6.45) is 11.3. The Bertz CT molecular complexity index is 221. The van der Waals surface area contributed by atoms with Gasteiger partial charge < -0.3 is 9.47 Å². The van der Waals surface area contributed by atoms with Gasteiger partial charge in [-0.1, -0.05) is 52.4 Å². The minimum Gasteiger partial charge on any atom is -0.373 e. The molecule has 4 atom stereocenters. The first-order valence-electron chi connectivity index (χ1n) is 8.08. The summed E-state index contributed by atoms with van der Waals surface area (Å²) in [6.45, 7) is 6.24. The maximum Gasteiger partial charge on any atom is 0.0840 e. The molecule has 0 spiro atoms. The summed E-state index contributed by atoms with van der Waals surface area (Å²) in [5.74, 6) is 1.63. The molecule has 0 aromatic heterocycles. The van der Waals surface area contributed by atoms with Gasteiger partial charge in [-0.25, -0.2) is 0 Å². The van der Waals surface area contributed by atoms with Gasteiger partial charge in [-0.3, -0.25) is 0 Å². The number of hydrogen-bond acceptors (Lipinski definition) is 2. The van der Waals surface area contributed by atoms with Crippen LogP contribution in [0.4, 0.5) is 0 Å². The fourth-order valence-electron chi connectivity index (χ4n) is 3.64. The molecule has 1 heterocycles. The Balaban J connectivity index is 1.77. The third-order valence-corrected chi connectivity index (χ3v) is 4.84. The van der Waals surface area contributed by atoms with Gasteiger partial charge in [-0.15, -0.1) is 0 Å². The van der Waals surface area contributed by atoms with Crippen LogP contribution in [0.2, 0.25) is 0 Å². The van der Waals surface area contributed by atoms with Crippen molar-refractivity contribution >= 4 is 0 Å². The van der Waals surface area contributed by atoms with Crippen molar-refractivity contribution in [1.82, 2.24) is 0 Å². The minimum absolute atomic E-state index is 0.366. The summed E-state index contributed by atoms with van der Waals surface area (Å²) in [6, 6.07) is 0. The molecule has 18 heavy (non-hydrogen) atoms. The molecule has 0 N–H and O–H groups in total. The van der Waals surface area contributed by atoms with Gasteiger partial charge in [-0.2, -0.15) is 0 Å². The Morgan fingerprint density at radius 3 is 2.50 bits per heavy atom. The van der Waals surface area contributed by atoms with Gasteiger partial charge in [-0.05, 0) is 24.7 Å². The maximum atomic E-state index is 6.13. The molecule has 1 aliphatic carbocycles. The molecule has 0 aromatic carbocycles. The second kappa shape index (κ2) is 7.49. The fourth-order valence-corrected chi connectivity index (χ4v) is 3.64. The van der Waals surface area contributed by atoms with Gasteiger partial charge in [0.05, 0.1) is 25.4 Å². The van der Waals surface area contributed by atoms with Gasteiger partial charge >= 0.3 is 0 Å². The molecule has 2 nitrogen and oxygen atoms in total. The second-order valence-electron chi connectivity index (χ2n) is 6.09. The average molecular weight is 254 g/mol. The van der Waals surface area contributed by atoms with Crippen molar-refractivity contribution in [3.05, 3.63) is 0 Å². The molecular formula is C16H30O2. The summed E-state index contributed by atoms with van der Waals surface area (Å²) in [5, 5.41) is 0. The quantitative estimate of drug-likeness (QED) is 0.733. The largest absolute Gasteiger partial charge is 0.373 e. The van der Waals surface area contributed by atoms with E-state index in [-0.39, 0.29) is 0 Å². The van der Waals surface area contributed by atoms with E-state index >= 15 is 0 Å². The lowest BCUT2D eigenvalue weighted by atomic mass is 9.75. The molecule has 4 unspecified atom stereocenters. The molecule has 0 radical (unpaired) electrons. The first kappa shape index (κ1) is 14.3. The third kappa shape index (κ3) is 3.71. The minimum atomic E-state index is 0.366. The Hall–Kier alpha value is -0.0800. The SMILES string of the molecule is CCCCC1COC(C2CCCCC2CC)CO1. The van der Waals surface area contributed by atoms with E-state index in [4.69, 9.17) is 9.47 Å². The van der Waals surface area contributed by atoms with E-state index in [1.54, 1.807) is 0 Å². The Morgan fingerprint density at radius 1 is 1.00 bits per heavy atom. The summed E-state index contributed by atoms with van der Waals surface area (Å²) in [5.41, 5.74) is 0. The Kier molecular flexibility index (Phi) is 5.97. The van der Waals surface area contributed by atoms with Gasteiger partial charge in [0.25, 0.3) is 0 Å².